The van der Waals surface area contributed by atoms with Crippen LogP contribution in [0.5, 0.6) is 0 Å². The van der Waals surface area contributed by atoms with Gasteiger partial charge >= 0.3 is 0 Å². The summed E-state index contributed by atoms with van der Waals surface area (Å²) in [6, 6.07) is 6.38. The number of piperidine rings is 1. The first-order valence-corrected chi connectivity index (χ1v) is 13.5. The van der Waals surface area contributed by atoms with Crippen molar-refractivity contribution in [2.24, 2.45) is 5.92 Å². The van der Waals surface area contributed by atoms with Crippen LogP contribution >= 0.6 is 0 Å². The number of fused-ring (bicyclic) bond motifs is 1. The third-order valence-corrected chi connectivity index (χ3v) is 8.33. The molecular weight excluding hydrogens is 474 g/mol. The highest BCUT2D eigenvalue weighted by Crippen LogP contribution is 2.31. The summed E-state index contributed by atoms with van der Waals surface area (Å²) in [4.78, 5) is 43.3. The van der Waals surface area contributed by atoms with Gasteiger partial charge in [-0.3, -0.25) is 14.4 Å². The number of hydrogen-bond acceptors (Lipinski definition) is 7. The summed E-state index contributed by atoms with van der Waals surface area (Å²) in [5.74, 6) is -0.280. The van der Waals surface area contributed by atoms with Crippen molar-refractivity contribution in [3.05, 3.63) is 35.4 Å². The molecule has 0 aliphatic carbocycles. The minimum absolute atomic E-state index is 0.0160. The van der Waals surface area contributed by atoms with Gasteiger partial charge in [0.05, 0.1) is 13.2 Å². The molecule has 4 rings (SSSR count). The van der Waals surface area contributed by atoms with Gasteiger partial charge in [0.1, 0.15) is 30.9 Å². The summed E-state index contributed by atoms with van der Waals surface area (Å²) < 4.78 is 16.3. The first-order chi connectivity index (χ1) is 17.9. The highest BCUT2D eigenvalue weighted by Gasteiger charge is 2.53. The molecule has 3 saturated heterocycles. The normalized spacial score (nSPS) is 26.2. The van der Waals surface area contributed by atoms with E-state index in [4.69, 9.17) is 14.2 Å². The van der Waals surface area contributed by atoms with Crippen molar-refractivity contribution in [2.45, 2.75) is 63.3 Å². The van der Waals surface area contributed by atoms with Gasteiger partial charge in [-0.05, 0) is 55.5 Å². The standard InChI is InChI=1S/C28H41N3O6/c1-5-18(2)24(28(34)31-16-23(36-4)26-25(31)22(32)17-37-26)29-27(33)21-8-6-19(7-9-21)20-10-12-30(13-11-20)14-15-35-3/h6-9,18,20,23-26H,5,10-17H2,1-4H3,(H,29,33)/t18-,23-,24-,25+,26+/m0/s1. The van der Waals surface area contributed by atoms with Crippen molar-refractivity contribution in [2.75, 3.05) is 53.6 Å². The molecule has 0 bridgehead atoms. The molecule has 5 atom stereocenters. The van der Waals surface area contributed by atoms with Crippen LogP contribution in [0, 0.1) is 5.92 Å². The second kappa shape index (κ2) is 12.5. The van der Waals surface area contributed by atoms with E-state index in [0.717, 1.165) is 39.1 Å². The first-order valence-electron chi connectivity index (χ1n) is 13.5. The molecule has 1 N–H and O–H groups in total. The van der Waals surface area contributed by atoms with Crippen LogP contribution < -0.4 is 5.32 Å². The number of Topliss-reactive ketones (excluding diaryl/α,β-unsaturated/α-hetero) is 1. The smallest absolute Gasteiger partial charge is 0.251 e. The predicted molar refractivity (Wildman–Crippen MR) is 138 cm³/mol. The van der Waals surface area contributed by atoms with E-state index in [1.54, 1.807) is 19.1 Å². The lowest BCUT2D eigenvalue weighted by Crippen LogP contribution is -2.54. The van der Waals surface area contributed by atoms with Gasteiger partial charge in [-0.2, -0.15) is 0 Å². The van der Waals surface area contributed by atoms with Gasteiger partial charge in [0, 0.05) is 26.3 Å². The molecule has 0 spiro atoms. The van der Waals surface area contributed by atoms with Gasteiger partial charge in [0.15, 0.2) is 5.78 Å². The number of amides is 2. The molecule has 0 unspecified atom stereocenters. The van der Waals surface area contributed by atoms with Gasteiger partial charge in [0.25, 0.3) is 5.91 Å². The van der Waals surface area contributed by atoms with Crippen molar-refractivity contribution in [3.8, 4) is 0 Å². The summed E-state index contributed by atoms with van der Waals surface area (Å²) in [6.07, 6.45) is 2.08. The topological polar surface area (TPSA) is 97.4 Å². The van der Waals surface area contributed by atoms with E-state index in [0.29, 0.717) is 17.9 Å². The molecule has 3 heterocycles. The molecule has 1 aromatic rings. The van der Waals surface area contributed by atoms with E-state index >= 15 is 0 Å². The predicted octanol–water partition coefficient (Wildman–Crippen LogP) is 1.85. The summed E-state index contributed by atoms with van der Waals surface area (Å²) in [5.41, 5.74) is 1.77. The third kappa shape index (κ3) is 6.06. The van der Waals surface area contributed by atoms with Crippen LogP contribution in [0.25, 0.3) is 0 Å². The quantitative estimate of drug-likeness (QED) is 0.508. The zero-order chi connectivity index (χ0) is 26.5. The summed E-state index contributed by atoms with van der Waals surface area (Å²) in [7, 11) is 3.29. The maximum atomic E-state index is 13.7. The highest BCUT2D eigenvalue weighted by molar-refractivity contribution is 5.99. The van der Waals surface area contributed by atoms with E-state index in [9.17, 15) is 14.4 Å². The fourth-order valence-corrected chi connectivity index (χ4v) is 5.75. The lowest BCUT2D eigenvalue weighted by molar-refractivity contribution is -0.139. The van der Waals surface area contributed by atoms with Gasteiger partial charge in [0.2, 0.25) is 5.91 Å². The zero-order valence-corrected chi connectivity index (χ0v) is 22.5. The molecule has 2 amide bonds. The number of carbonyl (C=O) groups is 3. The van der Waals surface area contributed by atoms with Crippen LogP contribution in [0.2, 0.25) is 0 Å². The highest BCUT2D eigenvalue weighted by atomic mass is 16.5. The van der Waals surface area contributed by atoms with Gasteiger partial charge < -0.3 is 29.3 Å². The van der Waals surface area contributed by atoms with Crippen molar-refractivity contribution in [3.63, 3.8) is 0 Å². The Hall–Kier alpha value is -2.33. The molecule has 0 aromatic heterocycles. The monoisotopic (exact) mass is 515 g/mol. The largest absolute Gasteiger partial charge is 0.383 e. The van der Waals surface area contributed by atoms with Crippen LogP contribution in [0.4, 0.5) is 0 Å². The minimum Gasteiger partial charge on any atom is -0.383 e. The minimum atomic E-state index is -0.738. The fraction of sp³-hybridized carbons (Fsp3) is 0.679. The second-order valence-corrected chi connectivity index (χ2v) is 10.5. The average molecular weight is 516 g/mol. The molecule has 0 radical (unpaired) electrons. The Kier molecular flexibility index (Phi) is 9.34. The molecule has 0 saturated carbocycles. The Morgan fingerprint density at radius 1 is 1.16 bits per heavy atom. The molecule has 9 heteroatoms. The lowest BCUT2D eigenvalue weighted by atomic mass is 9.89. The molecule has 3 aliphatic rings. The summed E-state index contributed by atoms with van der Waals surface area (Å²) in [6.45, 7) is 8.00. The number of rotatable bonds is 10. The van der Waals surface area contributed by atoms with E-state index in [2.05, 4.69) is 10.2 Å². The Morgan fingerprint density at radius 3 is 2.49 bits per heavy atom. The Morgan fingerprint density at radius 2 is 1.86 bits per heavy atom. The van der Waals surface area contributed by atoms with E-state index in [1.165, 1.54) is 5.56 Å². The van der Waals surface area contributed by atoms with Crippen molar-refractivity contribution < 1.29 is 28.6 Å². The first kappa shape index (κ1) is 27.7. The number of carbonyl (C=O) groups excluding carboxylic acids is 3. The average Bonchev–Trinajstić information content (AvgIpc) is 3.50. The molecule has 9 nitrogen and oxygen atoms in total. The fourth-order valence-electron chi connectivity index (χ4n) is 5.75. The van der Waals surface area contributed by atoms with Crippen molar-refractivity contribution in [1.29, 1.82) is 0 Å². The van der Waals surface area contributed by atoms with Crippen LogP contribution in [0.3, 0.4) is 0 Å². The Labute approximate surface area is 219 Å². The number of methoxy groups -OCH3 is 2. The Bertz CT molecular complexity index is 946. The third-order valence-electron chi connectivity index (χ3n) is 8.33. The van der Waals surface area contributed by atoms with E-state index < -0.39 is 18.2 Å². The van der Waals surface area contributed by atoms with Crippen LogP contribution in [-0.4, -0.2) is 105 Å². The van der Waals surface area contributed by atoms with Crippen LogP contribution in [0.1, 0.15) is 54.9 Å². The van der Waals surface area contributed by atoms with Gasteiger partial charge in [-0.15, -0.1) is 0 Å². The molecular formula is C28H41N3O6. The molecule has 3 aliphatic heterocycles. The SMILES string of the molecule is CC[C@H](C)[C@H](NC(=O)c1ccc(C2CCN(CCOC)CC2)cc1)C(=O)N1C[C@H](OC)[C@H]2OCC(=O)[C@H]21. The molecule has 1 aromatic carbocycles. The van der Waals surface area contributed by atoms with Gasteiger partial charge in [-0.1, -0.05) is 32.4 Å². The molecule has 37 heavy (non-hydrogen) atoms. The van der Waals surface area contributed by atoms with Crippen molar-refractivity contribution in [1.82, 2.24) is 15.1 Å². The van der Waals surface area contributed by atoms with Crippen LogP contribution in [-0.2, 0) is 23.8 Å². The molecule has 3 fully saturated rings. The number of nitrogens with zero attached hydrogens (tertiary/aromatic N) is 2. The number of hydrogen-bond donors (Lipinski definition) is 1. The number of ether oxygens (including phenoxy) is 3. The van der Waals surface area contributed by atoms with Crippen LogP contribution in [0.15, 0.2) is 24.3 Å². The lowest BCUT2D eigenvalue weighted by Gasteiger charge is -2.32. The zero-order valence-electron chi connectivity index (χ0n) is 22.5. The Balaban J connectivity index is 1.40. The van der Waals surface area contributed by atoms with Gasteiger partial charge in [-0.25, -0.2) is 0 Å². The summed E-state index contributed by atoms with van der Waals surface area (Å²) in [5, 5.41) is 2.97. The van der Waals surface area contributed by atoms with Crippen molar-refractivity contribution >= 4 is 17.6 Å². The second-order valence-electron chi connectivity index (χ2n) is 10.5. The van der Waals surface area contributed by atoms with E-state index in [1.807, 2.05) is 38.1 Å². The number of benzene rings is 1. The maximum Gasteiger partial charge on any atom is 0.251 e. The maximum absolute atomic E-state index is 13.7. The number of ketones is 1. The summed E-state index contributed by atoms with van der Waals surface area (Å²) >= 11 is 0. The molecule has 204 valence electrons. The van der Waals surface area contributed by atoms with E-state index in [-0.39, 0.29) is 42.8 Å². The number of nitrogens with one attached hydrogen (secondary N) is 1. The number of likely N-dealkylation sites (tertiary alicyclic amines) is 2.